The molecule has 0 spiro atoms. The number of ketones is 1. The third-order valence-corrected chi connectivity index (χ3v) is 6.71. The summed E-state index contributed by atoms with van der Waals surface area (Å²) in [4.78, 5) is 25.3. The first-order valence-corrected chi connectivity index (χ1v) is 11.0. The van der Waals surface area contributed by atoms with Crippen LogP contribution in [-0.2, 0) is 4.74 Å². The Morgan fingerprint density at radius 1 is 1.07 bits per heavy atom. The highest BCUT2D eigenvalue weighted by Crippen LogP contribution is 2.35. The molecule has 1 heterocycles. The van der Waals surface area contributed by atoms with E-state index < -0.39 is 5.97 Å². The molecule has 1 aliphatic rings. The van der Waals surface area contributed by atoms with Gasteiger partial charge in [0.15, 0.2) is 12.4 Å². The Hall–Kier alpha value is -1.18. The number of halogens is 2. The van der Waals surface area contributed by atoms with Crippen LogP contribution in [0.2, 0.25) is 10.0 Å². The normalized spacial score (nSPS) is 14.7. The van der Waals surface area contributed by atoms with Crippen molar-refractivity contribution >= 4 is 58.7 Å². The minimum atomic E-state index is -0.642. The summed E-state index contributed by atoms with van der Waals surface area (Å²) in [6.45, 7) is 1.55. The van der Waals surface area contributed by atoms with Gasteiger partial charge in [0.1, 0.15) is 0 Å². The van der Waals surface area contributed by atoms with Crippen LogP contribution in [0.4, 0.5) is 0 Å². The van der Waals surface area contributed by atoms with Crippen LogP contribution in [0.5, 0.6) is 0 Å². The highest BCUT2D eigenvalue weighted by molar-refractivity contribution is 8.00. The summed E-state index contributed by atoms with van der Waals surface area (Å²) in [5, 5.41) is 0.691. The molecule has 1 fully saturated rings. The summed E-state index contributed by atoms with van der Waals surface area (Å²) < 4.78 is 7.38. The van der Waals surface area contributed by atoms with Crippen LogP contribution in [0.15, 0.2) is 47.4 Å². The predicted molar refractivity (Wildman–Crippen MR) is 112 cm³/mol. The van der Waals surface area contributed by atoms with E-state index in [0.717, 1.165) is 29.5 Å². The molecule has 0 aromatic heterocycles. The van der Waals surface area contributed by atoms with E-state index in [1.54, 1.807) is 36.4 Å². The highest BCUT2D eigenvalue weighted by Gasteiger charge is 2.20. The maximum atomic E-state index is 12.4. The molecule has 0 radical (unpaired) electrons. The summed E-state index contributed by atoms with van der Waals surface area (Å²) in [5.41, 5.74) is 0.697. The molecule has 1 saturated heterocycles. The first-order chi connectivity index (χ1) is 13.0. The van der Waals surface area contributed by atoms with Gasteiger partial charge >= 0.3 is 5.97 Å². The Morgan fingerprint density at radius 3 is 2.48 bits per heavy atom. The van der Waals surface area contributed by atoms with Crippen molar-refractivity contribution in [3.8, 4) is 0 Å². The molecule has 27 heavy (non-hydrogen) atoms. The van der Waals surface area contributed by atoms with E-state index in [2.05, 4.69) is 4.31 Å². The Bertz CT molecular complexity index is 827. The lowest BCUT2D eigenvalue weighted by molar-refractivity contribution is 0.0474. The number of carbonyl (C=O) groups excluding carboxylic acids is 2. The summed E-state index contributed by atoms with van der Waals surface area (Å²) in [5.74, 6) is 1.22. The molecule has 1 aliphatic heterocycles. The molecule has 2 aromatic carbocycles. The molecular formula is C19H17Cl2NO3S2. The Balaban J connectivity index is 1.68. The third-order valence-electron chi connectivity index (χ3n) is 3.87. The molecule has 3 rings (SSSR count). The van der Waals surface area contributed by atoms with Gasteiger partial charge in [-0.2, -0.15) is 11.8 Å². The molecule has 0 N–H and O–H groups in total. The van der Waals surface area contributed by atoms with E-state index in [4.69, 9.17) is 27.9 Å². The van der Waals surface area contributed by atoms with Crippen LogP contribution >= 0.6 is 46.9 Å². The fourth-order valence-corrected chi connectivity index (χ4v) is 5.11. The van der Waals surface area contributed by atoms with Crippen molar-refractivity contribution in [2.24, 2.45) is 0 Å². The average molecular weight is 442 g/mol. The predicted octanol–water partition coefficient (Wildman–Crippen LogP) is 5.09. The molecule has 0 bridgehead atoms. The van der Waals surface area contributed by atoms with Gasteiger partial charge in [0.05, 0.1) is 15.6 Å². The first kappa shape index (κ1) is 20.6. The van der Waals surface area contributed by atoms with Crippen molar-refractivity contribution in [1.82, 2.24) is 4.31 Å². The van der Waals surface area contributed by atoms with Crippen LogP contribution < -0.4 is 0 Å². The van der Waals surface area contributed by atoms with Gasteiger partial charge in [-0.1, -0.05) is 53.5 Å². The highest BCUT2D eigenvalue weighted by atomic mass is 35.5. The monoisotopic (exact) mass is 441 g/mol. The van der Waals surface area contributed by atoms with E-state index >= 15 is 0 Å². The smallest absolute Gasteiger partial charge is 0.340 e. The van der Waals surface area contributed by atoms with Gasteiger partial charge in [-0.05, 0) is 24.1 Å². The number of nitrogens with zero attached hydrogens (tertiary/aromatic N) is 1. The second kappa shape index (κ2) is 9.85. The number of hydrogen-bond donors (Lipinski definition) is 0. The second-order valence-corrected chi connectivity index (χ2v) is 8.94. The molecule has 4 nitrogen and oxygen atoms in total. The number of benzene rings is 2. The lowest BCUT2D eigenvalue weighted by Crippen LogP contribution is -2.26. The minimum Gasteiger partial charge on any atom is -0.454 e. The lowest BCUT2D eigenvalue weighted by atomic mass is 10.1. The number of esters is 1. The molecule has 0 unspecified atom stereocenters. The fraction of sp³-hybridized carbons (Fsp3) is 0.263. The third kappa shape index (κ3) is 5.65. The molecule has 0 aliphatic carbocycles. The zero-order chi connectivity index (χ0) is 19.2. The SMILES string of the molecule is O=C(COC(=O)c1cc(SN2CCSCC2)c(Cl)cc1Cl)c1ccccc1. The maximum Gasteiger partial charge on any atom is 0.340 e. The van der Waals surface area contributed by atoms with Crippen molar-refractivity contribution in [1.29, 1.82) is 0 Å². The van der Waals surface area contributed by atoms with E-state index in [1.807, 2.05) is 17.8 Å². The van der Waals surface area contributed by atoms with Crippen LogP contribution in [0, 0.1) is 0 Å². The van der Waals surface area contributed by atoms with Crippen LogP contribution in [0.3, 0.4) is 0 Å². The summed E-state index contributed by atoms with van der Waals surface area (Å²) >= 11 is 15.9. The van der Waals surface area contributed by atoms with Crippen molar-refractivity contribution in [3.63, 3.8) is 0 Å². The van der Waals surface area contributed by atoms with Crippen molar-refractivity contribution in [2.45, 2.75) is 4.90 Å². The van der Waals surface area contributed by atoms with Crippen molar-refractivity contribution < 1.29 is 14.3 Å². The lowest BCUT2D eigenvalue weighted by Gasteiger charge is -2.25. The number of hydrogen-bond acceptors (Lipinski definition) is 6. The molecule has 2 aromatic rings. The Labute approximate surface area is 176 Å². The molecule has 0 saturated carbocycles. The molecule has 8 heteroatoms. The van der Waals surface area contributed by atoms with E-state index in [-0.39, 0.29) is 23.0 Å². The molecule has 0 atom stereocenters. The summed E-state index contributed by atoms with van der Waals surface area (Å²) in [7, 11) is 0. The van der Waals surface area contributed by atoms with Crippen molar-refractivity contribution in [3.05, 3.63) is 63.6 Å². The second-order valence-electron chi connectivity index (χ2n) is 5.76. The van der Waals surface area contributed by atoms with E-state index in [9.17, 15) is 9.59 Å². The number of rotatable bonds is 6. The van der Waals surface area contributed by atoms with Crippen LogP contribution in [0.1, 0.15) is 20.7 Å². The van der Waals surface area contributed by atoms with Gasteiger partial charge in [0, 0.05) is 35.1 Å². The van der Waals surface area contributed by atoms with E-state index in [0.29, 0.717) is 10.6 Å². The quantitative estimate of drug-likeness (QED) is 0.353. The molecular weight excluding hydrogens is 425 g/mol. The zero-order valence-electron chi connectivity index (χ0n) is 14.3. The first-order valence-electron chi connectivity index (χ1n) is 8.29. The van der Waals surface area contributed by atoms with Gasteiger partial charge in [0.2, 0.25) is 0 Å². The maximum absolute atomic E-state index is 12.4. The fourth-order valence-electron chi connectivity index (χ4n) is 2.45. The average Bonchev–Trinajstić information content (AvgIpc) is 2.69. The Kier molecular flexibility index (Phi) is 7.49. The van der Waals surface area contributed by atoms with Crippen LogP contribution in [0.25, 0.3) is 0 Å². The number of carbonyl (C=O) groups is 2. The molecule has 0 amide bonds. The van der Waals surface area contributed by atoms with Gasteiger partial charge in [-0.25, -0.2) is 9.10 Å². The van der Waals surface area contributed by atoms with Crippen LogP contribution in [-0.4, -0.2) is 47.3 Å². The van der Waals surface area contributed by atoms with Gasteiger partial charge < -0.3 is 4.74 Å². The summed E-state index contributed by atoms with van der Waals surface area (Å²) in [6.07, 6.45) is 0. The zero-order valence-corrected chi connectivity index (χ0v) is 17.5. The van der Waals surface area contributed by atoms with Gasteiger partial charge in [0.25, 0.3) is 0 Å². The number of Topliss-reactive ketones (excluding diaryl/α,β-unsaturated/α-hetero) is 1. The topological polar surface area (TPSA) is 46.6 Å². The number of thioether (sulfide) groups is 1. The molecule has 142 valence electrons. The van der Waals surface area contributed by atoms with Gasteiger partial charge in [-0.3, -0.25) is 4.79 Å². The number of ether oxygens (including phenoxy) is 1. The minimum absolute atomic E-state index is 0.204. The summed E-state index contributed by atoms with van der Waals surface area (Å²) in [6, 6.07) is 11.9. The standard InChI is InChI=1S/C19H17Cl2NO3S2/c20-15-11-16(21)18(27-22-6-8-26-9-7-22)10-14(15)19(24)25-12-17(23)13-4-2-1-3-5-13/h1-5,10-11H,6-9,12H2. The van der Waals surface area contributed by atoms with Gasteiger partial charge in [-0.15, -0.1) is 0 Å². The Morgan fingerprint density at radius 2 is 1.78 bits per heavy atom. The van der Waals surface area contributed by atoms with Crippen molar-refractivity contribution in [2.75, 3.05) is 31.2 Å². The largest absolute Gasteiger partial charge is 0.454 e. The van der Waals surface area contributed by atoms with E-state index in [1.165, 1.54) is 11.9 Å².